The number of aldehydes is 1. The van der Waals surface area contributed by atoms with E-state index in [0.29, 0.717) is 10.6 Å². The summed E-state index contributed by atoms with van der Waals surface area (Å²) in [5, 5.41) is 0.614. The highest BCUT2D eigenvalue weighted by molar-refractivity contribution is 6.31. The quantitative estimate of drug-likeness (QED) is 0.761. The first-order valence-corrected chi connectivity index (χ1v) is 6.50. The molecule has 0 aliphatic carbocycles. The zero-order valence-electron chi connectivity index (χ0n) is 10.9. The van der Waals surface area contributed by atoms with Crippen molar-refractivity contribution < 1.29 is 9.53 Å². The van der Waals surface area contributed by atoms with Crippen LogP contribution in [-0.4, -0.2) is 12.4 Å². The standard InChI is InChI=1S/C16H15ClO2/c1-11(2)19-15-7-4-12(5-8-15)16-9-14(17)6-3-13(16)10-18/h3-11H,1-2H3. The van der Waals surface area contributed by atoms with E-state index in [0.717, 1.165) is 23.2 Å². The van der Waals surface area contributed by atoms with Gasteiger partial charge in [0.15, 0.2) is 6.29 Å². The predicted octanol–water partition coefficient (Wildman–Crippen LogP) is 4.61. The van der Waals surface area contributed by atoms with Crippen LogP contribution in [0.2, 0.25) is 5.02 Å². The van der Waals surface area contributed by atoms with Gasteiger partial charge in [0, 0.05) is 10.6 Å². The van der Waals surface area contributed by atoms with Crippen molar-refractivity contribution in [1.29, 1.82) is 0 Å². The second kappa shape index (κ2) is 5.89. The molecule has 19 heavy (non-hydrogen) atoms. The number of ether oxygens (including phenoxy) is 1. The summed E-state index contributed by atoms with van der Waals surface area (Å²) in [7, 11) is 0. The molecule has 0 atom stereocenters. The summed E-state index contributed by atoms with van der Waals surface area (Å²) in [5.74, 6) is 0.813. The molecule has 0 aliphatic rings. The first-order chi connectivity index (χ1) is 9.10. The highest BCUT2D eigenvalue weighted by atomic mass is 35.5. The molecular formula is C16H15ClO2. The summed E-state index contributed by atoms with van der Waals surface area (Å²) >= 11 is 5.98. The van der Waals surface area contributed by atoms with Crippen LogP contribution in [0.1, 0.15) is 24.2 Å². The van der Waals surface area contributed by atoms with E-state index in [1.165, 1.54) is 0 Å². The molecule has 0 heterocycles. The summed E-state index contributed by atoms with van der Waals surface area (Å²) in [5.41, 5.74) is 2.40. The Bertz CT molecular complexity index is 574. The first-order valence-electron chi connectivity index (χ1n) is 6.12. The van der Waals surface area contributed by atoms with E-state index in [2.05, 4.69) is 0 Å². The van der Waals surface area contributed by atoms with Crippen molar-refractivity contribution in [3.05, 3.63) is 53.1 Å². The maximum Gasteiger partial charge on any atom is 0.150 e. The zero-order chi connectivity index (χ0) is 13.8. The molecule has 0 bridgehead atoms. The normalized spacial score (nSPS) is 10.5. The molecule has 0 fully saturated rings. The molecule has 98 valence electrons. The molecule has 0 aliphatic heterocycles. The van der Waals surface area contributed by atoms with E-state index >= 15 is 0 Å². The van der Waals surface area contributed by atoms with Crippen LogP contribution in [0.25, 0.3) is 11.1 Å². The van der Waals surface area contributed by atoms with Gasteiger partial charge in [-0.25, -0.2) is 0 Å². The van der Waals surface area contributed by atoms with Crippen molar-refractivity contribution in [2.24, 2.45) is 0 Å². The number of hydrogen-bond donors (Lipinski definition) is 0. The van der Waals surface area contributed by atoms with Gasteiger partial charge in [-0.3, -0.25) is 4.79 Å². The lowest BCUT2D eigenvalue weighted by Crippen LogP contribution is -2.05. The van der Waals surface area contributed by atoms with E-state index in [1.54, 1.807) is 18.2 Å². The Morgan fingerprint density at radius 1 is 1.11 bits per heavy atom. The zero-order valence-corrected chi connectivity index (χ0v) is 11.6. The van der Waals surface area contributed by atoms with Crippen molar-refractivity contribution >= 4 is 17.9 Å². The van der Waals surface area contributed by atoms with E-state index in [1.807, 2.05) is 38.1 Å². The number of carbonyl (C=O) groups excluding carboxylic acids is 1. The largest absolute Gasteiger partial charge is 0.491 e. The Kier molecular flexibility index (Phi) is 4.23. The highest BCUT2D eigenvalue weighted by Crippen LogP contribution is 2.28. The van der Waals surface area contributed by atoms with Crippen molar-refractivity contribution in [3.63, 3.8) is 0 Å². The summed E-state index contributed by atoms with van der Waals surface area (Å²) < 4.78 is 5.59. The molecule has 0 saturated carbocycles. The van der Waals surface area contributed by atoms with Gasteiger partial charge in [-0.15, -0.1) is 0 Å². The van der Waals surface area contributed by atoms with E-state index in [-0.39, 0.29) is 6.10 Å². The van der Waals surface area contributed by atoms with Crippen LogP contribution >= 0.6 is 11.6 Å². The van der Waals surface area contributed by atoms with Crippen LogP contribution in [0.3, 0.4) is 0 Å². The molecule has 0 aromatic heterocycles. The lowest BCUT2D eigenvalue weighted by atomic mass is 10.0. The molecule has 0 unspecified atom stereocenters. The third-order valence-electron chi connectivity index (χ3n) is 2.68. The molecule has 2 aromatic carbocycles. The summed E-state index contributed by atoms with van der Waals surface area (Å²) in [6.45, 7) is 3.96. The second-order valence-electron chi connectivity index (χ2n) is 4.54. The van der Waals surface area contributed by atoms with Crippen molar-refractivity contribution in [2.45, 2.75) is 20.0 Å². The topological polar surface area (TPSA) is 26.3 Å². The van der Waals surface area contributed by atoms with Crippen LogP contribution in [0.4, 0.5) is 0 Å². The molecule has 2 aromatic rings. The van der Waals surface area contributed by atoms with Gasteiger partial charge in [0.2, 0.25) is 0 Å². The summed E-state index contributed by atoms with van der Waals surface area (Å²) in [4.78, 5) is 11.1. The van der Waals surface area contributed by atoms with Gasteiger partial charge in [0.25, 0.3) is 0 Å². The Balaban J connectivity index is 2.36. The number of benzene rings is 2. The number of halogens is 1. The SMILES string of the molecule is CC(C)Oc1ccc(-c2cc(Cl)ccc2C=O)cc1. The fourth-order valence-corrected chi connectivity index (χ4v) is 2.04. The van der Waals surface area contributed by atoms with Gasteiger partial charge in [0.1, 0.15) is 5.75 Å². The van der Waals surface area contributed by atoms with Crippen LogP contribution in [-0.2, 0) is 0 Å². The maximum atomic E-state index is 11.1. The molecule has 0 saturated heterocycles. The van der Waals surface area contributed by atoms with Gasteiger partial charge in [-0.1, -0.05) is 23.7 Å². The highest BCUT2D eigenvalue weighted by Gasteiger charge is 2.06. The second-order valence-corrected chi connectivity index (χ2v) is 4.98. The van der Waals surface area contributed by atoms with Crippen LogP contribution in [0, 0.1) is 0 Å². The maximum absolute atomic E-state index is 11.1. The summed E-state index contributed by atoms with van der Waals surface area (Å²) in [6, 6.07) is 12.9. The number of carbonyl (C=O) groups is 1. The molecule has 2 nitrogen and oxygen atoms in total. The van der Waals surface area contributed by atoms with Crippen LogP contribution in [0.5, 0.6) is 5.75 Å². The molecule has 3 heteroatoms. The van der Waals surface area contributed by atoms with Gasteiger partial charge in [-0.05, 0) is 55.3 Å². The fourth-order valence-electron chi connectivity index (χ4n) is 1.87. The monoisotopic (exact) mass is 274 g/mol. The number of rotatable bonds is 4. The Hall–Kier alpha value is -1.80. The van der Waals surface area contributed by atoms with Crippen LogP contribution in [0.15, 0.2) is 42.5 Å². The minimum absolute atomic E-state index is 0.141. The van der Waals surface area contributed by atoms with Gasteiger partial charge >= 0.3 is 0 Å². The molecular weight excluding hydrogens is 260 g/mol. The minimum Gasteiger partial charge on any atom is -0.491 e. The van der Waals surface area contributed by atoms with Crippen LogP contribution < -0.4 is 4.74 Å². The molecule has 0 amide bonds. The average Bonchev–Trinajstić information content (AvgIpc) is 2.39. The Morgan fingerprint density at radius 2 is 1.79 bits per heavy atom. The van der Waals surface area contributed by atoms with E-state index < -0.39 is 0 Å². The fraction of sp³-hybridized carbons (Fsp3) is 0.188. The third-order valence-corrected chi connectivity index (χ3v) is 2.91. The molecule has 0 radical (unpaired) electrons. The van der Waals surface area contributed by atoms with Crippen molar-refractivity contribution in [3.8, 4) is 16.9 Å². The lowest BCUT2D eigenvalue weighted by molar-refractivity contribution is 0.112. The van der Waals surface area contributed by atoms with E-state index in [9.17, 15) is 4.79 Å². The first kappa shape index (κ1) is 13.6. The van der Waals surface area contributed by atoms with Gasteiger partial charge in [-0.2, -0.15) is 0 Å². The van der Waals surface area contributed by atoms with Crippen molar-refractivity contribution in [2.75, 3.05) is 0 Å². The van der Waals surface area contributed by atoms with E-state index in [4.69, 9.17) is 16.3 Å². The van der Waals surface area contributed by atoms with Gasteiger partial charge in [0.05, 0.1) is 6.10 Å². The predicted molar refractivity (Wildman–Crippen MR) is 78.0 cm³/mol. The minimum atomic E-state index is 0.141. The third kappa shape index (κ3) is 3.36. The molecule has 2 rings (SSSR count). The smallest absolute Gasteiger partial charge is 0.150 e. The lowest BCUT2D eigenvalue weighted by Gasteiger charge is -2.11. The molecule has 0 N–H and O–H groups in total. The van der Waals surface area contributed by atoms with Gasteiger partial charge < -0.3 is 4.74 Å². The Labute approximate surface area is 118 Å². The van der Waals surface area contributed by atoms with Crippen molar-refractivity contribution in [1.82, 2.24) is 0 Å². The average molecular weight is 275 g/mol. The Morgan fingerprint density at radius 3 is 2.37 bits per heavy atom. The number of hydrogen-bond acceptors (Lipinski definition) is 2. The summed E-state index contributed by atoms with van der Waals surface area (Å²) in [6.07, 6.45) is 0.979. The molecule has 0 spiro atoms.